The second kappa shape index (κ2) is 6.21. The number of carbonyl (C=O) groups is 1. The zero-order valence-corrected chi connectivity index (χ0v) is 12.1. The van der Waals surface area contributed by atoms with Crippen LogP contribution in [0.1, 0.15) is 25.5 Å². The van der Waals surface area contributed by atoms with Gasteiger partial charge in [0.1, 0.15) is 11.9 Å². The molecule has 0 aliphatic carbocycles. The molecule has 1 N–H and O–H groups in total. The highest BCUT2D eigenvalue weighted by molar-refractivity contribution is 5.93. The lowest BCUT2D eigenvalue weighted by Crippen LogP contribution is -2.29. The van der Waals surface area contributed by atoms with Crippen LogP contribution in [0.25, 0.3) is 0 Å². The van der Waals surface area contributed by atoms with Crippen molar-refractivity contribution in [2.24, 2.45) is 5.92 Å². The van der Waals surface area contributed by atoms with Gasteiger partial charge in [-0.2, -0.15) is 13.2 Å². The average Bonchev–Trinajstić information content (AvgIpc) is 2.91. The molecule has 0 aliphatic heterocycles. The van der Waals surface area contributed by atoms with E-state index in [0.29, 0.717) is 6.20 Å². The van der Waals surface area contributed by atoms with E-state index in [4.69, 9.17) is 0 Å². The van der Waals surface area contributed by atoms with Gasteiger partial charge in [-0.15, -0.1) is 0 Å². The summed E-state index contributed by atoms with van der Waals surface area (Å²) in [6, 6.07) is 5.19. The van der Waals surface area contributed by atoms with Crippen LogP contribution < -0.4 is 5.32 Å². The minimum absolute atomic E-state index is 0.0156. The van der Waals surface area contributed by atoms with Gasteiger partial charge in [0.05, 0.1) is 5.56 Å². The number of hydrogen-bond donors (Lipinski definition) is 1. The molecule has 1 amide bonds. The first-order valence-corrected chi connectivity index (χ1v) is 6.75. The molecule has 0 aliphatic rings. The monoisotopic (exact) mass is 311 g/mol. The summed E-state index contributed by atoms with van der Waals surface area (Å²) in [7, 11) is 0. The predicted octanol–water partition coefficient (Wildman–Crippen LogP) is 3.74. The molecule has 0 fully saturated rings. The molecule has 7 heteroatoms. The van der Waals surface area contributed by atoms with E-state index in [2.05, 4.69) is 10.3 Å². The van der Waals surface area contributed by atoms with Crippen LogP contribution in [-0.4, -0.2) is 15.5 Å². The Bertz CT molecular complexity index is 618. The molecule has 4 nitrogen and oxygen atoms in total. The highest BCUT2D eigenvalue weighted by Crippen LogP contribution is 2.29. The quantitative estimate of drug-likeness (QED) is 0.935. The van der Waals surface area contributed by atoms with E-state index in [1.54, 1.807) is 29.1 Å². The van der Waals surface area contributed by atoms with Gasteiger partial charge in [0.2, 0.25) is 5.91 Å². The summed E-state index contributed by atoms with van der Waals surface area (Å²) in [4.78, 5) is 16.0. The molecule has 0 bridgehead atoms. The number of alkyl halides is 3. The molecular weight excluding hydrogens is 295 g/mol. The number of hydrogen-bond acceptors (Lipinski definition) is 2. The van der Waals surface area contributed by atoms with Crippen molar-refractivity contribution in [3.8, 4) is 0 Å². The van der Waals surface area contributed by atoms with Crippen molar-refractivity contribution in [1.29, 1.82) is 0 Å². The van der Waals surface area contributed by atoms with Crippen molar-refractivity contribution >= 4 is 11.7 Å². The summed E-state index contributed by atoms with van der Waals surface area (Å²) in [6.07, 6.45) is -0.203. The van der Waals surface area contributed by atoms with Gasteiger partial charge in [-0.1, -0.05) is 13.8 Å². The van der Waals surface area contributed by atoms with Crippen molar-refractivity contribution in [3.63, 3.8) is 0 Å². The standard InChI is InChI=1S/C15H16F3N3O/c1-10(2)13(21-7-3-4-8-21)14(22)20-12-6-5-11(9-19-12)15(16,17)18/h3-10,13H,1-2H3,(H,19,20,22). The van der Waals surface area contributed by atoms with E-state index in [1.165, 1.54) is 0 Å². The molecule has 0 aromatic carbocycles. The van der Waals surface area contributed by atoms with E-state index in [9.17, 15) is 18.0 Å². The third kappa shape index (κ3) is 3.66. The fourth-order valence-corrected chi connectivity index (χ4v) is 2.15. The molecule has 2 aromatic rings. The molecule has 0 radical (unpaired) electrons. The van der Waals surface area contributed by atoms with Gasteiger partial charge in [-0.25, -0.2) is 4.98 Å². The van der Waals surface area contributed by atoms with Crippen molar-refractivity contribution < 1.29 is 18.0 Å². The van der Waals surface area contributed by atoms with Crippen LogP contribution in [-0.2, 0) is 11.0 Å². The Hall–Kier alpha value is -2.31. The molecular formula is C15H16F3N3O. The number of halogens is 3. The Morgan fingerprint density at radius 2 is 1.86 bits per heavy atom. The van der Waals surface area contributed by atoms with Gasteiger partial charge in [0.15, 0.2) is 0 Å². The van der Waals surface area contributed by atoms with Gasteiger partial charge in [-0.05, 0) is 30.2 Å². The van der Waals surface area contributed by atoms with Crippen LogP contribution >= 0.6 is 0 Å². The number of pyridine rings is 1. The Morgan fingerprint density at radius 1 is 1.23 bits per heavy atom. The maximum atomic E-state index is 12.5. The van der Waals surface area contributed by atoms with E-state index in [0.717, 1.165) is 12.1 Å². The summed E-state index contributed by atoms with van der Waals surface area (Å²) in [5, 5.41) is 2.55. The summed E-state index contributed by atoms with van der Waals surface area (Å²) in [6.45, 7) is 3.79. The fourth-order valence-electron chi connectivity index (χ4n) is 2.15. The minimum atomic E-state index is -4.44. The number of carbonyl (C=O) groups excluding carboxylic acids is 1. The molecule has 2 aromatic heterocycles. The van der Waals surface area contributed by atoms with Crippen molar-refractivity contribution in [2.75, 3.05) is 5.32 Å². The summed E-state index contributed by atoms with van der Waals surface area (Å²) < 4.78 is 39.2. The number of aromatic nitrogens is 2. The van der Waals surface area contributed by atoms with E-state index < -0.39 is 17.8 Å². The lowest BCUT2D eigenvalue weighted by atomic mass is 10.0. The van der Waals surface area contributed by atoms with Gasteiger partial charge in [0.25, 0.3) is 0 Å². The van der Waals surface area contributed by atoms with Crippen molar-refractivity contribution in [1.82, 2.24) is 9.55 Å². The van der Waals surface area contributed by atoms with Gasteiger partial charge < -0.3 is 9.88 Å². The first-order valence-electron chi connectivity index (χ1n) is 6.75. The van der Waals surface area contributed by atoms with Crippen molar-refractivity contribution in [2.45, 2.75) is 26.1 Å². The zero-order valence-electron chi connectivity index (χ0n) is 12.1. The van der Waals surface area contributed by atoms with Crippen LogP contribution in [0, 0.1) is 5.92 Å². The third-order valence-corrected chi connectivity index (χ3v) is 3.19. The Balaban J connectivity index is 2.14. The smallest absolute Gasteiger partial charge is 0.342 e. The summed E-state index contributed by atoms with van der Waals surface area (Å²) in [5.74, 6) is -0.212. The van der Waals surface area contributed by atoms with Gasteiger partial charge in [-0.3, -0.25) is 4.79 Å². The highest BCUT2D eigenvalue weighted by atomic mass is 19.4. The molecule has 0 saturated heterocycles. The first-order chi connectivity index (χ1) is 10.3. The Morgan fingerprint density at radius 3 is 2.32 bits per heavy atom. The average molecular weight is 311 g/mol. The maximum Gasteiger partial charge on any atom is 0.417 e. The van der Waals surface area contributed by atoms with E-state index in [1.807, 2.05) is 13.8 Å². The minimum Gasteiger partial charge on any atom is -0.342 e. The molecule has 2 rings (SSSR count). The van der Waals surface area contributed by atoms with Crippen LogP contribution in [0.3, 0.4) is 0 Å². The normalized spacial score (nSPS) is 13.2. The predicted molar refractivity (Wildman–Crippen MR) is 76.2 cm³/mol. The van der Waals surface area contributed by atoms with E-state index in [-0.39, 0.29) is 17.6 Å². The van der Waals surface area contributed by atoms with Crippen LogP contribution in [0.5, 0.6) is 0 Å². The number of nitrogens with one attached hydrogen (secondary N) is 1. The molecule has 118 valence electrons. The van der Waals surface area contributed by atoms with Crippen LogP contribution in [0.15, 0.2) is 42.9 Å². The zero-order chi connectivity index (χ0) is 16.3. The first kappa shape index (κ1) is 16.1. The lowest BCUT2D eigenvalue weighted by Gasteiger charge is -2.21. The maximum absolute atomic E-state index is 12.5. The second-order valence-electron chi connectivity index (χ2n) is 5.24. The molecule has 0 saturated carbocycles. The molecule has 1 unspecified atom stereocenters. The summed E-state index contributed by atoms with van der Waals surface area (Å²) >= 11 is 0. The largest absolute Gasteiger partial charge is 0.417 e. The molecule has 1 atom stereocenters. The number of nitrogens with zero attached hydrogens (tertiary/aromatic N) is 2. The fraction of sp³-hybridized carbons (Fsp3) is 0.333. The second-order valence-corrected chi connectivity index (χ2v) is 5.24. The number of rotatable bonds is 4. The molecule has 2 heterocycles. The third-order valence-electron chi connectivity index (χ3n) is 3.19. The van der Waals surface area contributed by atoms with Crippen LogP contribution in [0.4, 0.5) is 19.0 Å². The number of amides is 1. The number of anilines is 1. The molecule has 0 spiro atoms. The Kier molecular flexibility index (Phi) is 4.54. The lowest BCUT2D eigenvalue weighted by molar-refractivity contribution is -0.137. The highest BCUT2D eigenvalue weighted by Gasteiger charge is 2.31. The van der Waals surface area contributed by atoms with Crippen LogP contribution in [0.2, 0.25) is 0 Å². The topological polar surface area (TPSA) is 46.9 Å². The van der Waals surface area contributed by atoms with Crippen molar-refractivity contribution in [3.05, 3.63) is 48.4 Å². The van der Waals surface area contributed by atoms with Gasteiger partial charge >= 0.3 is 6.18 Å². The summed E-state index contributed by atoms with van der Waals surface area (Å²) in [5.41, 5.74) is -0.851. The van der Waals surface area contributed by atoms with Gasteiger partial charge in [0, 0.05) is 18.6 Å². The SMILES string of the molecule is CC(C)C(C(=O)Nc1ccc(C(F)(F)F)cn1)n1cccc1. The Labute approximate surface area is 126 Å². The van der Waals surface area contributed by atoms with E-state index >= 15 is 0 Å². The molecule has 22 heavy (non-hydrogen) atoms.